The SMILES string of the molecule is FC(F)(F)c1c(I)cncc1CBr. The first-order valence-corrected chi connectivity index (χ1v) is 5.42. The maximum atomic E-state index is 12.4. The lowest BCUT2D eigenvalue weighted by Crippen LogP contribution is -2.11. The lowest BCUT2D eigenvalue weighted by atomic mass is 10.1. The Bertz CT molecular complexity index is 313. The number of alkyl halides is 4. The molecule has 0 fully saturated rings. The molecule has 1 aromatic rings. The molecule has 1 heterocycles. The summed E-state index contributed by atoms with van der Waals surface area (Å²) in [5.74, 6) is 0. The maximum absolute atomic E-state index is 12.4. The Morgan fingerprint density at radius 3 is 2.38 bits per heavy atom. The number of hydrogen-bond acceptors (Lipinski definition) is 1. The smallest absolute Gasteiger partial charge is 0.263 e. The summed E-state index contributed by atoms with van der Waals surface area (Å²) < 4.78 is 37.5. The van der Waals surface area contributed by atoms with E-state index >= 15 is 0 Å². The van der Waals surface area contributed by atoms with Gasteiger partial charge >= 0.3 is 6.18 Å². The summed E-state index contributed by atoms with van der Waals surface area (Å²) in [5, 5.41) is 0.158. The Morgan fingerprint density at radius 2 is 2.00 bits per heavy atom. The summed E-state index contributed by atoms with van der Waals surface area (Å²) in [4.78, 5) is 3.69. The zero-order valence-corrected chi connectivity index (χ0v) is 9.94. The van der Waals surface area contributed by atoms with E-state index in [2.05, 4.69) is 20.9 Å². The van der Waals surface area contributed by atoms with Gasteiger partial charge in [-0.2, -0.15) is 13.2 Å². The van der Waals surface area contributed by atoms with Crippen LogP contribution in [0.3, 0.4) is 0 Å². The lowest BCUT2D eigenvalue weighted by molar-refractivity contribution is -0.138. The second-order valence-electron chi connectivity index (χ2n) is 2.29. The fraction of sp³-hybridized carbons (Fsp3) is 0.286. The summed E-state index contributed by atoms with van der Waals surface area (Å²) in [6.07, 6.45) is -1.88. The molecule has 1 rings (SSSR count). The van der Waals surface area contributed by atoms with Crippen LogP contribution in [0.15, 0.2) is 12.4 Å². The molecule has 6 heteroatoms. The topological polar surface area (TPSA) is 12.9 Å². The van der Waals surface area contributed by atoms with Gasteiger partial charge in [0.1, 0.15) is 0 Å². The molecule has 0 aliphatic heterocycles. The summed E-state index contributed by atoms with van der Waals surface area (Å²) in [6, 6.07) is 0. The van der Waals surface area contributed by atoms with Crippen molar-refractivity contribution in [3.8, 4) is 0 Å². The Morgan fingerprint density at radius 1 is 1.38 bits per heavy atom. The van der Waals surface area contributed by atoms with Gasteiger partial charge in [-0.25, -0.2) is 0 Å². The predicted octanol–water partition coefficient (Wildman–Crippen LogP) is 3.60. The molecule has 0 unspecified atom stereocenters. The minimum absolute atomic E-state index is 0.127. The first-order chi connectivity index (χ1) is 5.96. The van der Waals surface area contributed by atoms with Crippen molar-refractivity contribution in [2.45, 2.75) is 11.5 Å². The molecule has 0 amide bonds. The minimum atomic E-state index is -4.30. The van der Waals surface area contributed by atoms with E-state index in [1.165, 1.54) is 12.4 Å². The van der Waals surface area contributed by atoms with Crippen LogP contribution in [0.5, 0.6) is 0 Å². The monoisotopic (exact) mass is 365 g/mol. The van der Waals surface area contributed by atoms with Crippen LogP contribution >= 0.6 is 38.5 Å². The van der Waals surface area contributed by atoms with Crippen molar-refractivity contribution in [1.29, 1.82) is 0 Å². The van der Waals surface area contributed by atoms with E-state index in [0.29, 0.717) is 0 Å². The van der Waals surface area contributed by atoms with Gasteiger partial charge in [0.15, 0.2) is 0 Å². The Labute approximate surface area is 95.0 Å². The van der Waals surface area contributed by atoms with Gasteiger partial charge in [-0.15, -0.1) is 0 Å². The first kappa shape index (κ1) is 11.2. The molecule has 1 nitrogen and oxygen atoms in total. The highest BCUT2D eigenvalue weighted by atomic mass is 127. The number of aromatic nitrogens is 1. The van der Waals surface area contributed by atoms with Crippen LogP contribution in [-0.4, -0.2) is 4.98 Å². The van der Waals surface area contributed by atoms with E-state index in [1.54, 1.807) is 22.6 Å². The molecule has 0 aromatic carbocycles. The van der Waals surface area contributed by atoms with Crippen LogP contribution in [-0.2, 0) is 11.5 Å². The zero-order valence-electron chi connectivity index (χ0n) is 6.20. The van der Waals surface area contributed by atoms with E-state index in [-0.39, 0.29) is 14.5 Å². The standard InChI is InChI=1S/C7H4BrF3IN/c8-1-4-2-13-3-5(12)6(4)7(9,10)11/h2-3H,1H2. The molecule has 1 aromatic heterocycles. The van der Waals surface area contributed by atoms with Gasteiger partial charge in [0.05, 0.1) is 5.56 Å². The lowest BCUT2D eigenvalue weighted by Gasteiger charge is -2.12. The van der Waals surface area contributed by atoms with Crippen LogP contribution in [0.2, 0.25) is 0 Å². The number of pyridine rings is 1. The molecular formula is C7H4BrF3IN. The van der Waals surface area contributed by atoms with Gasteiger partial charge in [0, 0.05) is 21.3 Å². The summed E-state index contributed by atoms with van der Waals surface area (Å²) in [5.41, 5.74) is -0.431. The first-order valence-electron chi connectivity index (χ1n) is 3.22. The van der Waals surface area contributed by atoms with Crippen molar-refractivity contribution in [3.63, 3.8) is 0 Å². The van der Waals surface area contributed by atoms with Crippen molar-refractivity contribution < 1.29 is 13.2 Å². The molecule has 0 saturated heterocycles. The van der Waals surface area contributed by atoms with Gasteiger partial charge < -0.3 is 0 Å². The Hall–Kier alpha value is 0.150. The van der Waals surface area contributed by atoms with Gasteiger partial charge in [-0.3, -0.25) is 4.98 Å². The average Bonchev–Trinajstić information content (AvgIpc) is 2.01. The molecule has 0 radical (unpaired) electrons. The van der Waals surface area contributed by atoms with Gasteiger partial charge in [-0.1, -0.05) is 15.9 Å². The van der Waals surface area contributed by atoms with E-state index in [0.717, 1.165) is 0 Å². The van der Waals surface area contributed by atoms with Gasteiger partial charge in [-0.05, 0) is 28.2 Å². The molecular weight excluding hydrogens is 362 g/mol. The third-order valence-electron chi connectivity index (χ3n) is 1.41. The fourth-order valence-electron chi connectivity index (χ4n) is 0.894. The molecule has 0 aliphatic rings. The molecule has 0 spiro atoms. The molecule has 0 atom stereocenters. The molecule has 72 valence electrons. The van der Waals surface area contributed by atoms with Gasteiger partial charge in [0.25, 0.3) is 0 Å². The van der Waals surface area contributed by atoms with Crippen molar-refractivity contribution in [2.75, 3.05) is 0 Å². The van der Waals surface area contributed by atoms with E-state index in [1.807, 2.05) is 0 Å². The summed E-state index contributed by atoms with van der Waals surface area (Å²) in [7, 11) is 0. The number of nitrogens with zero attached hydrogens (tertiary/aromatic N) is 1. The quantitative estimate of drug-likeness (QED) is 0.547. The highest BCUT2D eigenvalue weighted by Crippen LogP contribution is 2.35. The van der Waals surface area contributed by atoms with Crippen molar-refractivity contribution in [2.24, 2.45) is 0 Å². The van der Waals surface area contributed by atoms with Crippen LogP contribution in [0, 0.1) is 3.57 Å². The highest BCUT2D eigenvalue weighted by Gasteiger charge is 2.35. The molecule has 0 aliphatic carbocycles. The molecule has 0 bridgehead atoms. The predicted molar refractivity (Wildman–Crippen MR) is 54.6 cm³/mol. The van der Waals surface area contributed by atoms with Gasteiger partial charge in [0.2, 0.25) is 0 Å². The zero-order chi connectivity index (χ0) is 10.1. The third kappa shape index (κ3) is 2.55. The largest absolute Gasteiger partial charge is 0.417 e. The third-order valence-corrected chi connectivity index (χ3v) is 2.83. The van der Waals surface area contributed by atoms with Crippen molar-refractivity contribution in [3.05, 3.63) is 27.1 Å². The Kier molecular flexibility index (Phi) is 3.56. The van der Waals surface area contributed by atoms with Crippen LogP contribution in [0.1, 0.15) is 11.1 Å². The second-order valence-corrected chi connectivity index (χ2v) is 4.01. The fourth-order valence-corrected chi connectivity index (χ4v) is 2.13. The maximum Gasteiger partial charge on any atom is 0.417 e. The van der Waals surface area contributed by atoms with Crippen molar-refractivity contribution >= 4 is 38.5 Å². The number of hydrogen-bond donors (Lipinski definition) is 0. The number of rotatable bonds is 1. The van der Waals surface area contributed by atoms with Crippen molar-refractivity contribution in [1.82, 2.24) is 4.98 Å². The molecule has 0 N–H and O–H groups in total. The van der Waals surface area contributed by atoms with E-state index < -0.39 is 11.7 Å². The Balaban J connectivity index is 3.32. The average molecular weight is 366 g/mol. The second kappa shape index (κ2) is 4.12. The van der Waals surface area contributed by atoms with Crippen LogP contribution in [0.4, 0.5) is 13.2 Å². The highest BCUT2D eigenvalue weighted by molar-refractivity contribution is 14.1. The van der Waals surface area contributed by atoms with Crippen LogP contribution < -0.4 is 0 Å². The van der Waals surface area contributed by atoms with E-state index in [4.69, 9.17) is 0 Å². The summed E-state index contributed by atoms with van der Waals surface area (Å²) >= 11 is 4.62. The van der Waals surface area contributed by atoms with E-state index in [9.17, 15) is 13.2 Å². The molecule has 0 saturated carbocycles. The normalized spacial score (nSPS) is 11.8. The minimum Gasteiger partial charge on any atom is -0.263 e. The van der Waals surface area contributed by atoms with Crippen LogP contribution in [0.25, 0.3) is 0 Å². The summed E-state index contributed by atoms with van der Waals surface area (Å²) in [6.45, 7) is 0. The molecule has 13 heavy (non-hydrogen) atoms. The number of halogens is 5.